The first-order chi connectivity index (χ1) is 9.68. The van der Waals surface area contributed by atoms with Crippen LogP contribution in [0.3, 0.4) is 0 Å². The maximum absolute atomic E-state index is 5.86. The topological polar surface area (TPSA) is 42.1 Å². The van der Waals surface area contributed by atoms with E-state index in [1.54, 1.807) is 11.3 Å². The molecule has 0 amide bonds. The van der Waals surface area contributed by atoms with Crippen LogP contribution in [0.5, 0.6) is 0 Å². The van der Waals surface area contributed by atoms with Crippen molar-refractivity contribution in [1.82, 2.24) is 9.88 Å². The Hall–Kier alpha value is -0.940. The highest BCUT2D eigenvalue weighted by Gasteiger charge is 2.32. The Morgan fingerprint density at radius 3 is 2.76 bits per heavy atom. The van der Waals surface area contributed by atoms with Crippen molar-refractivity contribution in [2.45, 2.75) is 19.9 Å². The number of halogens is 1. The van der Waals surface area contributed by atoms with E-state index >= 15 is 0 Å². The molecule has 2 heterocycles. The molecule has 21 heavy (non-hydrogen) atoms. The van der Waals surface area contributed by atoms with Crippen molar-refractivity contribution in [2.75, 3.05) is 19.6 Å². The van der Waals surface area contributed by atoms with E-state index in [2.05, 4.69) is 41.1 Å². The number of benzene rings is 1. The van der Waals surface area contributed by atoms with Crippen LogP contribution in [0.25, 0.3) is 10.4 Å². The first-order valence-corrected chi connectivity index (χ1v) is 7.93. The van der Waals surface area contributed by atoms with Crippen LogP contribution in [-0.4, -0.2) is 29.5 Å². The fourth-order valence-electron chi connectivity index (χ4n) is 2.74. The van der Waals surface area contributed by atoms with Crippen LogP contribution >= 0.6 is 23.7 Å². The molecule has 1 aliphatic heterocycles. The monoisotopic (exact) mass is 323 g/mol. The van der Waals surface area contributed by atoms with Gasteiger partial charge >= 0.3 is 0 Å². The van der Waals surface area contributed by atoms with Gasteiger partial charge in [0.2, 0.25) is 0 Å². The minimum atomic E-state index is 0. The summed E-state index contributed by atoms with van der Waals surface area (Å²) in [5.41, 5.74) is 7.41. The molecule has 114 valence electrons. The summed E-state index contributed by atoms with van der Waals surface area (Å²) in [4.78, 5) is 8.30. The zero-order valence-electron chi connectivity index (χ0n) is 12.3. The molecule has 2 aromatic rings. The second-order valence-corrected chi connectivity index (χ2v) is 7.07. The molecule has 2 N–H and O–H groups in total. The van der Waals surface area contributed by atoms with Gasteiger partial charge in [-0.05, 0) is 30.5 Å². The highest BCUT2D eigenvalue weighted by molar-refractivity contribution is 7.15. The number of likely N-dealkylation sites (tertiary alicyclic amines) is 1. The van der Waals surface area contributed by atoms with E-state index in [0.29, 0.717) is 5.41 Å². The smallest absolute Gasteiger partial charge is 0.107 e. The average molecular weight is 324 g/mol. The predicted octanol–water partition coefficient (Wildman–Crippen LogP) is 3.40. The van der Waals surface area contributed by atoms with E-state index in [0.717, 1.165) is 26.2 Å². The molecule has 1 aromatic carbocycles. The lowest BCUT2D eigenvalue weighted by molar-refractivity contribution is 0.274. The number of hydrogen-bond acceptors (Lipinski definition) is 4. The average Bonchev–Trinajstić information content (AvgIpc) is 3.08. The number of hydrogen-bond donors (Lipinski definition) is 1. The van der Waals surface area contributed by atoms with E-state index in [4.69, 9.17) is 5.73 Å². The van der Waals surface area contributed by atoms with Crippen molar-refractivity contribution in [1.29, 1.82) is 0 Å². The molecule has 1 aromatic heterocycles. The number of rotatable bonds is 4. The maximum atomic E-state index is 5.86. The van der Waals surface area contributed by atoms with Crippen LogP contribution in [0.1, 0.15) is 18.4 Å². The number of nitrogens with zero attached hydrogens (tertiary/aromatic N) is 2. The molecule has 1 aliphatic rings. The van der Waals surface area contributed by atoms with Gasteiger partial charge in [0, 0.05) is 12.7 Å². The SMILES string of the molecule is CC1(CN)CCN(Cc2ncc(-c3ccccc3)s2)C1.Cl. The van der Waals surface area contributed by atoms with Crippen LogP contribution in [0.2, 0.25) is 0 Å². The Kier molecular flexibility index (Phi) is 5.38. The molecule has 1 fully saturated rings. The first kappa shape index (κ1) is 16.4. The van der Waals surface area contributed by atoms with Crippen LogP contribution in [0.15, 0.2) is 36.5 Å². The summed E-state index contributed by atoms with van der Waals surface area (Å²) in [7, 11) is 0. The fourth-order valence-corrected chi connectivity index (χ4v) is 3.70. The lowest BCUT2D eigenvalue weighted by atomic mass is 9.90. The Morgan fingerprint density at radius 1 is 1.33 bits per heavy atom. The molecular weight excluding hydrogens is 302 g/mol. The summed E-state index contributed by atoms with van der Waals surface area (Å²) in [6.07, 6.45) is 3.19. The highest BCUT2D eigenvalue weighted by Crippen LogP contribution is 2.31. The van der Waals surface area contributed by atoms with Gasteiger partial charge in [0.25, 0.3) is 0 Å². The highest BCUT2D eigenvalue weighted by atomic mass is 35.5. The van der Waals surface area contributed by atoms with Gasteiger partial charge in [-0.15, -0.1) is 23.7 Å². The van der Waals surface area contributed by atoms with Gasteiger partial charge in [0.1, 0.15) is 5.01 Å². The summed E-state index contributed by atoms with van der Waals surface area (Å²) in [5, 5.41) is 1.20. The molecule has 1 saturated heterocycles. The minimum Gasteiger partial charge on any atom is -0.330 e. The van der Waals surface area contributed by atoms with Gasteiger partial charge in [-0.1, -0.05) is 37.3 Å². The summed E-state index contributed by atoms with van der Waals surface area (Å²) in [6, 6.07) is 10.5. The molecule has 0 saturated carbocycles. The molecule has 3 rings (SSSR count). The Bertz CT molecular complexity index is 572. The molecule has 1 atom stereocenters. The Labute approximate surface area is 136 Å². The third kappa shape index (κ3) is 3.83. The summed E-state index contributed by atoms with van der Waals surface area (Å²) in [5.74, 6) is 0. The van der Waals surface area contributed by atoms with E-state index in [9.17, 15) is 0 Å². The van der Waals surface area contributed by atoms with Gasteiger partial charge in [-0.25, -0.2) is 4.98 Å². The lowest BCUT2D eigenvalue weighted by Gasteiger charge is -2.21. The summed E-state index contributed by atoms with van der Waals surface area (Å²) < 4.78 is 0. The molecule has 0 aliphatic carbocycles. The van der Waals surface area contributed by atoms with Crippen LogP contribution in [0, 0.1) is 5.41 Å². The van der Waals surface area contributed by atoms with Gasteiger partial charge in [-0.3, -0.25) is 4.90 Å². The van der Waals surface area contributed by atoms with Gasteiger partial charge in [0.15, 0.2) is 0 Å². The molecule has 0 spiro atoms. The lowest BCUT2D eigenvalue weighted by Crippen LogP contribution is -2.31. The standard InChI is InChI=1S/C16H21N3S.ClH/c1-16(11-17)7-8-19(12-16)10-15-18-9-14(20-15)13-5-3-2-4-6-13;/h2-6,9H,7-8,10-12,17H2,1H3;1H. The van der Waals surface area contributed by atoms with Crippen LogP contribution < -0.4 is 5.73 Å². The van der Waals surface area contributed by atoms with Crippen molar-refractivity contribution < 1.29 is 0 Å². The van der Waals surface area contributed by atoms with Crippen LogP contribution in [0.4, 0.5) is 0 Å². The third-order valence-electron chi connectivity index (χ3n) is 4.10. The van der Waals surface area contributed by atoms with E-state index < -0.39 is 0 Å². The molecular formula is C16H22ClN3S. The van der Waals surface area contributed by atoms with Crippen molar-refractivity contribution in [3.63, 3.8) is 0 Å². The van der Waals surface area contributed by atoms with Crippen LogP contribution in [-0.2, 0) is 6.54 Å². The number of thiazole rings is 1. The fraction of sp³-hybridized carbons (Fsp3) is 0.438. The quantitative estimate of drug-likeness (QED) is 0.937. The van der Waals surface area contributed by atoms with Crippen molar-refractivity contribution in [3.8, 4) is 10.4 Å². The maximum Gasteiger partial charge on any atom is 0.107 e. The van der Waals surface area contributed by atoms with Crippen molar-refractivity contribution in [2.24, 2.45) is 11.1 Å². The van der Waals surface area contributed by atoms with Crippen molar-refractivity contribution >= 4 is 23.7 Å². The zero-order chi connectivity index (χ0) is 14.0. The second-order valence-electron chi connectivity index (χ2n) is 5.96. The predicted molar refractivity (Wildman–Crippen MR) is 91.9 cm³/mol. The number of nitrogens with two attached hydrogens (primary N) is 1. The van der Waals surface area contributed by atoms with E-state index in [-0.39, 0.29) is 12.4 Å². The Morgan fingerprint density at radius 2 is 2.10 bits per heavy atom. The summed E-state index contributed by atoms with van der Waals surface area (Å²) in [6.45, 7) is 6.23. The van der Waals surface area contributed by atoms with Gasteiger partial charge in [0.05, 0.1) is 11.4 Å². The van der Waals surface area contributed by atoms with Gasteiger partial charge in [-0.2, -0.15) is 0 Å². The molecule has 1 unspecified atom stereocenters. The van der Waals surface area contributed by atoms with E-state index in [1.165, 1.54) is 21.9 Å². The third-order valence-corrected chi connectivity index (χ3v) is 5.13. The second kappa shape index (κ2) is 6.88. The molecule has 5 heteroatoms. The minimum absolute atomic E-state index is 0. The normalized spacial score (nSPS) is 22.2. The van der Waals surface area contributed by atoms with E-state index in [1.807, 2.05) is 12.3 Å². The largest absolute Gasteiger partial charge is 0.330 e. The molecule has 0 bridgehead atoms. The molecule has 3 nitrogen and oxygen atoms in total. The van der Waals surface area contributed by atoms with Gasteiger partial charge < -0.3 is 5.73 Å². The summed E-state index contributed by atoms with van der Waals surface area (Å²) >= 11 is 1.80. The Balaban J connectivity index is 0.00000161. The molecule has 0 radical (unpaired) electrons. The van der Waals surface area contributed by atoms with Crippen molar-refractivity contribution in [3.05, 3.63) is 41.5 Å². The number of aromatic nitrogens is 1. The zero-order valence-corrected chi connectivity index (χ0v) is 13.9. The first-order valence-electron chi connectivity index (χ1n) is 7.11.